The lowest BCUT2D eigenvalue weighted by Gasteiger charge is -2.32. The van der Waals surface area contributed by atoms with E-state index in [-0.39, 0.29) is 0 Å². The third-order valence-corrected chi connectivity index (χ3v) is 5.72. The van der Waals surface area contributed by atoms with Gasteiger partial charge in [0, 0.05) is 19.1 Å². The highest BCUT2D eigenvalue weighted by Gasteiger charge is 2.25. The van der Waals surface area contributed by atoms with E-state index in [1.54, 1.807) is 0 Å². The first-order valence-electron chi connectivity index (χ1n) is 8.87. The maximum absolute atomic E-state index is 6.25. The molecule has 124 valence electrons. The second-order valence-electron chi connectivity index (χ2n) is 6.98. The maximum Gasteiger partial charge on any atom is 0.226 e. The zero-order valence-electron chi connectivity index (χ0n) is 13.7. The van der Waals surface area contributed by atoms with E-state index in [2.05, 4.69) is 31.5 Å². The number of hydrogen-bond donors (Lipinski definition) is 0. The summed E-state index contributed by atoms with van der Waals surface area (Å²) < 4.78 is 2.22. The van der Waals surface area contributed by atoms with Crippen molar-refractivity contribution < 1.29 is 0 Å². The molecule has 23 heavy (non-hydrogen) atoms. The standard InChI is InChI=1S/C17H24ClN5/c1-22(12-7-3-2-4-8-12)15-14-16(21-17(18)20-15)23(11-19-14)13-9-5-6-10-13/h11-13H,2-10H2,1H3. The van der Waals surface area contributed by atoms with Crippen LogP contribution in [-0.2, 0) is 0 Å². The second-order valence-corrected chi connectivity index (χ2v) is 7.32. The summed E-state index contributed by atoms with van der Waals surface area (Å²) in [6, 6.07) is 1.05. The molecule has 2 aromatic rings. The predicted molar refractivity (Wildman–Crippen MR) is 93.1 cm³/mol. The number of halogens is 1. The molecule has 2 heterocycles. The van der Waals surface area contributed by atoms with Crippen molar-refractivity contribution in [2.24, 2.45) is 0 Å². The average molecular weight is 334 g/mol. The van der Waals surface area contributed by atoms with Gasteiger partial charge in [0.1, 0.15) is 0 Å². The Morgan fingerprint density at radius 1 is 1.04 bits per heavy atom. The van der Waals surface area contributed by atoms with E-state index in [1.165, 1.54) is 57.8 Å². The van der Waals surface area contributed by atoms with E-state index < -0.39 is 0 Å². The quantitative estimate of drug-likeness (QED) is 0.783. The van der Waals surface area contributed by atoms with Gasteiger partial charge in [-0.3, -0.25) is 0 Å². The first-order valence-corrected chi connectivity index (χ1v) is 9.25. The van der Waals surface area contributed by atoms with Crippen LogP contribution in [0.2, 0.25) is 5.28 Å². The Morgan fingerprint density at radius 2 is 1.74 bits per heavy atom. The van der Waals surface area contributed by atoms with Gasteiger partial charge in [-0.05, 0) is 37.3 Å². The monoisotopic (exact) mass is 333 g/mol. The molecular weight excluding hydrogens is 310 g/mol. The van der Waals surface area contributed by atoms with E-state index in [0.717, 1.165) is 17.0 Å². The molecule has 0 amide bonds. The molecule has 0 radical (unpaired) electrons. The Bertz CT molecular complexity index is 686. The van der Waals surface area contributed by atoms with E-state index in [4.69, 9.17) is 11.6 Å². The van der Waals surface area contributed by atoms with Crippen molar-refractivity contribution in [1.82, 2.24) is 19.5 Å². The van der Waals surface area contributed by atoms with Crippen LogP contribution >= 0.6 is 11.6 Å². The van der Waals surface area contributed by atoms with E-state index in [9.17, 15) is 0 Å². The van der Waals surface area contributed by atoms with E-state index in [1.807, 2.05) is 6.33 Å². The number of fused-ring (bicyclic) bond motifs is 1. The molecule has 2 aromatic heterocycles. The third-order valence-electron chi connectivity index (χ3n) is 5.55. The lowest BCUT2D eigenvalue weighted by molar-refractivity contribution is 0.426. The van der Waals surface area contributed by atoms with Gasteiger partial charge >= 0.3 is 0 Å². The number of hydrogen-bond acceptors (Lipinski definition) is 4. The van der Waals surface area contributed by atoms with Gasteiger partial charge < -0.3 is 9.47 Å². The first-order chi connectivity index (χ1) is 11.2. The normalized spacial score (nSPS) is 20.4. The minimum Gasteiger partial charge on any atom is -0.355 e. The van der Waals surface area contributed by atoms with Crippen molar-refractivity contribution >= 4 is 28.6 Å². The highest BCUT2D eigenvalue weighted by atomic mass is 35.5. The summed E-state index contributed by atoms with van der Waals surface area (Å²) in [4.78, 5) is 16.0. The van der Waals surface area contributed by atoms with E-state index >= 15 is 0 Å². The molecule has 0 bridgehead atoms. The van der Waals surface area contributed by atoms with Crippen molar-refractivity contribution in [1.29, 1.82) is 0 Å². The van der Waals surface area contributed by atoms with Crippen LogP contribution < -0.4 is 4.90 Å². The molecule has 2 aliphatic carbocycles. The summed E-state index contributed by atoms with van der Waals surface area (Å²) in [5, 5.41) is 0.329. The Balaban J connectivity index is 1.74. The number of anilines is 1. The van der Waals surface area contributed by atoms with Gasteiger partial charge in [-0.25, -0.2) is 4.98 Å². The summed E-state index contributed by atoms with van der Waals surface area (Å²) in [7, 11) is 2.13. The molecule has 0 saturated heterocycles. The van der Waals surface area contributed by atoms with Crippen LogP contribution in [0.3, 0.4) is 0 Å². The summed E-state index contributed by atoms with van der Waals surface area (Å²) >= 11 is 6.25. The molecule has 0 unspecified atom stereocenters. The first kappa shape index (κ1) is 15.2. The average Bonchev–Trinajstić information content (AvgIpc) is 3.23. The fourth-order valence-electron chi connectivity index (χ4n) is 4.21. The lowest BCUT2D eigenvalue weighted by atomic mass is 9.94. The molecular formula is C17H24ClN5. The number of aromatic nitrogens is 4. The van der Waals surface area contributed by atoms with Crippen LogP contribution in [0, 0.1) is 0 Å². The Kier molecular flexibility index (Phi) is 4.14. The molecule has 0 N–H and O–H groups in total. The van der Waals surface area contributed by atoms with E-state index in [0.29, 0.717) is 17.4 Å². The fraction of sp³-hybridized carbons (Fsp3) is 0.706. The van der Waals surface area contributed by atoms with Crippen LogP contribution in [0.5, 0.6) is 0 Å². The van der Waals surface area contributed by atoms with Gasteiger partial charge in [-0.15, -0.1) is 0 Å². The van der Waals surface area contributed by atoms with Gasteiger partial charge in [0.05, 0.1) is 6.33 Å². The van der Waals surface area contributed by atoms with Crippen molar-refractivity contribution in [2.75, 3.05) is 11.9 Å². The van der Waals surface area contributed by atoms with Gasteiger partial charge in [0.15, 0.2) is 17.0 Å². The minimum atomic E-state index is 0.329. The zero-order chi connectivity index (χ0) is 15.8. The number of imidazole rings is 1. The Hall–Kier alpha value is -1.36. The number of rotatable bonds is 3. The molecule has 4 rings (SSSR count). The topological polar surface area (TPSA) is 46.8 Å². The highest BCUT2D eigenvalue weighted by Crippen LogP contribution is 2.34. The van der Waals surface area contributed by atoms with Crippen LogP contribution in [-0.4, -0.2) is 32.6 Å². The summed E-state index contributed by atoms with van der Waals surface area (Å²) in [5.41, 5.74) is 1.80. The molecule has 0 spiro atoms. The van der Waals surface area contributed by atoms with Crippen molar-refractivity contribution in [3.8, 4) is 0 Å². The smallest absolute Gasteiger partial charge is 0.226 e. The van der Waals surface area contributed by atoms with Crippen LogP contribution in [0.15, 0.2) is 6.33 Å². The Morgan fingerprint density at radius 3 is 2.48 bits per heavy atom. The molecule has 6 heteroatoms. The summed E-state index contributed by atoms with van der Waals surface area (Å²) in [6.07, 6.45) is 13.3. The van der Waals surface area contributed by atoms with Crippen LogP contribution in [0.25, 0.3) is 11.2 Å². The minimum absolute atomic E-state index is 0.329. The molecule has 2 aliphatic rings. The summed E-state index contributed by atoms with van der Waals surface area (Å²) in [5.74, 6) is 0.892. The van der Waals surface area contributed by atoms with Gasteiger partial charge in [-0.2, -0.15) is 9.97 Å². The molecule has 2 saturated carbocycles. The highest BCUT2D eigenvalue weighted by molar-refractivity contribution is 6.28. The predicted octanol–water partition coefficient (Wildman–Crippen LogP) is 4.36. The third kappa shape index (κ3) is 2.80. The van der Waals surface area contributed by atoms with Gasteiger partial charge in [0.25, 0.3) is 0 Å². The fourth-order valence-corrected chi connectivity index (χ4v) is 4.37. The van der Waals surface area contributed by atoms with Crippen LogP contribution in [0.1, 0.15) is 63.8 Å². The molecule has 0 aliphatic heterocycles. The van der Waals surface area contributed by atoms with Gasteiger partial charge in [-0.1, -0.05) is 32.1 Å². The Labute approximate surface area is 142 Å². The van der Waals surface area contributed by atoms with Crippen molar-refractivity contribution in [2.45, 2.75) is 69.9 Å². The molecule has 0 atom stereocenters. The SMILES string of the molecule is CN(c1nc(Cl)nc2c1ncn2C1CCCC1)C1CCCCC1. The lowest BCUT2D eigenvalue weighted by Crippen LogP contribution is -2.34. The van der Waals surface area contributed by atoms with Crippen molar-refractivity contribution in [3.63, 3.8) is 0 Å². The largest absolute Gasteiger partial charge is 0.355 e. The molecule has 2 fully saturated rings. The van der Waals surface area contributed by atoms with Gasteiger partial charge in [0.2, 0.25) is 5.28 Å². The molecule has 0 aromatic carbocycles. The maximum atomic E-state index is 6.25. The van der Waals surface area contributed by atoms with Crippen LogP contribution in [0.4, 0.5) is 5.82 Å². The number of nitrogens with zero attached hydrogens (tertiary/aromatic N) is 5. The second kappa shape index (κ2) is 6.27. The zero-order valence-corrected chi connectivity index (χ0v) is 14.5. The summed E-state index contributed by atoms with van der Waals surface area (Å²) in [6.45, 7) is 0. The molecule has 5 nitrogen and oxygen atoms in total. The van der Waals surface area contributed by atoms with Crippen molar-refractivity contribution in [3.05, 3.63) is 11.6 Å².